The van der Waals surface area contributed by atoms with E-state index in [1.54, 1.807) is 30.8 Å². The minimum Gasteiger partial charge on any atom is -0.463 e. The van der Waals surface area contributed by atoms with Crippen molar-refractivity contribution in [2.45, 2.75) is 13.8 Å². The Kier molecular flexibility index (Phi) is 3.45. The fourth-order valence-corrected chi connectivity index (χ4v) is 1.07. The van der Waals surface area contributed by atoms with Crippen molar-refractivity contribution in [3.63, 3.8) is 0 Å². The number of rotatable bonds is 3. The van der Waals surface area contributed by atoms with Crippen LogP contribution in [0.5, 0.6) is 0 Å². The van der Waals surface area contributed by atoms with Gasteiger partial charge in [-0.3, -0.25) is 4.68 Å². The van der Waals surface area contributed by atoms with Crippen molar-refractivity contribution in [3.8, 4) is 0 Å². The molecule has 4 heteroatoms. The number of carbonyl (C=O) groups excluding carboxylic acids is 1. The van der Waals surface area contributed by atoms with Crippen LogP contribution in [0.2, 0.25) is 0 Å². The van der Waals surface area contributed by atoms with E-state index in [9.17, 15) is 4.79 Å². The molecule has 0 unspecified atom stereocenters. The summed E-state index contributed by atoms with van der Waals surface area (Å²) in [6, 6.07) is 0. The lowest BCUT2D eigenvalue weighted by Crippen LogP contribution is -2.04. The van der Waals surface area contributed by atoms with Crippen molar-refractivity contribution in [1.82, 2.24) is 9.78 Å². The highest BCUT2D eigenvalue weighted by Gasteiger charge is 2.04. The molecule has 1 aromatic heterocycles. The van der Waals surface area contributed by atoms with Gasteiger partial charge >= 0.3 is 5.97 Å². The van der Waals surface area contributed by atoms with Crippen molar-refractivity contribution < 1.29 is 9.53 Å². The molecular weight excluding hydrogens is 180 g/mol. The average molecular weight is 194 g/mol. The van der Waals surface area contributed by atoms with E-state index in [0.29, 0.717) is 12.2 Å². The average Bonchev–Trinajstić information content (AvgIpc) is 2.51. The number of aromatic nitrogens is 2. The number of ether oxygens (including phenoxy) is 1. The Bertz CT molecular complexity index is 353. The summed E-state index contributed by atoms with van der Waals surface area (Å²) in [6.45, 7) is 3.91. The van der Waals surface area contributed by atoms with Gasteiger partial charge in [0.1, 0.15) is 0 Å². The number of nitrogens with zero attached hydrogens (tertiary/aromatic N) is 2. The normalized spacial score (nSPS) is 11.5. The third-order valence-electron chi connectivity index (χ3n) is 1.71. The van der Waals surface area contributed by atoms with Crippen LogP contribution in [0.4, 0.5) is 0 Å². The Morgan fingerprint density at radius 2 is 2.43 bits per heavy atom. The van der Waals surface area contributed by atoms with Gasteiger partial charge in [-0.15, -0.1) is 0 Å². The summed E-state index contributed by atoms with van der Waals surface area (Å²) in [5, 5.41) is 3.99. The summed E-state index contributed by atoms with van der Waals surface area (Å²) >= 11 is 0. The van der Waals surface area contributed by atoms with E-state index in [-0.39, 0.29) is 5.97 Å². The van der Waals surface area contributed by atoms with Crippen LogP contribution in [0.15, 0.2) is 18.0 Å². The van der Waals surface area contributed by atoms with Gasteiger partial charge in [-0.05, 0) is 19.9 Å². The first-order valence-corrected chi connectivity index (χ1v) is 4.47. The molecule has 1 rings (SSSR count). The number of carbonyl (C=O) groups is 1. The Hall–Kier alpha value is -1.58. The molecule has 0 aliphatic heterocycles. The van der Waals surface area contributed by atoms with E-state index in [1.807, 2.05) is 13.2 Å². The molecule has 4 nitrogen and oxygen atoms in total. The minimum atomic E-state index is -0.281. The summed E-state index contributed by atoms with van der Waals surface area (Å²) < 4.78 is 6.53. The second kappa shape index (κ2) is 4.60. The van der Waals surface area contributed by atoms with E-state index < -0.39 is 0 Å². The van der Waals surface area contributed by atoms with Crippen molar-refractivity contribution in [3.05, 3.63) is 23.5 Å². The van der Waals surface area contributed by atoms with E-state index in [4.69, 9.17) is 4.74 Å². The SMILES string of the molecule is CCOC(=O)C(C)=Cc1cnn(C)c1. The summed E-state index contributed by atoms with van der Waals surface area (Å²) in [5.41, 5.74) is 1.48. The summed E-state index contributed by atoms with van der Waals surface area (Å²) in [7, 11) is 1.83. The van der Waals surface area contributed by atoms with E-state index in [0.717, 1.165) is 5.56 Å². The highest BCUT2D eigenvalue weighted by Crippen LogP contribution is 2.06. The predicted octanol–water partition coefficient (Wildman–Crippen LogP) is 1.39. The zero-order valence-electron chi connectivity index (χ0n) is 8.65. The largest absolute Gasteiger partial charge is 0.463 e. The molecule has 0 bridgehead atoms. The molecule has 0 fully saturated rings. The maximum atomic E-state index is 11.2. The summed E-state index contributed by atoms with van der Waals surface area (Å²) in [5.74, 6) is -0.281. The third-order valence-corrected chi connectivity index (χ3v) is 1.71. The summed E-state index contributed by atoms with van der Waals surface area (Å²) in [6.07, 6.45) is 5.29. The molecule has 76 valence electrons. The smallest absolute Gasteiger partial charge is 0.333 e. The molecular formula is C10H14N2O2. The molecule has 0 amide bonds. The van der Waals surface area contributed by atoms with E-state index in [1.165, 1.54) is 0 Å². The number of esters is 1. The minimum absolute atomic E-state index is 0.281. The fourth-order valence-electron chi connectivity index (χ4n) is 1.07. The van der Waals surface area contributed by atoms with Gasteiger partial charge in [-0.1, -0.05) is 0 Å². The molecule has 0 spiro atoms. The molecule has 0 radical (unpaired) electrons. The van der Waals surface area contributed by atoms with Gasteiger partial charge in [0, 0.05) is 24.4 Å². The first kappa shape index (κ1) is 10.5. The van der Waals surface area contributed by atoms with Crippen LogP contribution in [-0.4, -0.2) is 22.4 Å². The lowest BCUT2D eigenvalue weighted by Gasteiger charge is -1.99. The monoisotopic (exact) mass is 194 g/mol. The first-order valence-electron chi connectivity index (χ1n) is 4.47. The highest BCUT2D eigenvalue weighted by molar-refractivity contribution is 5.92. The Morgan fingerprint density at radius 1 is 1.71 bits per heavy atom. The number of hydrogen-bond acceptors (Lipinski definition) is 3. The molecule has 1 aromatic rings. The van der Waals surface area contributed by atoms with Gasteiger partial charge in [0.2, 0.25) is 0 Å². The van der Waals surface area contributed by atoms with Gasteiger partial charge in [0.25, 0.3) is 0 Å². The molecule has 0 aliphatic rings. The molecule has 1 heterocycles. The van der Waals surface area contributed by atoms with Crippen LogP contribution >= 0.6 is 0 Å². The Labute approximate surface area is 83.2 Å². The molecule has 0 saturated carbocycles. The topological polar surface area (TPSA) is 44.1 Å². The highest BCUT2D eigenvalue weighted by atomic mass is 16.5. The van der Waals surface area contributed by atoms with Gasteiger partial charge < -0.3 is 4.74 Å². The lowest BCUT2D eigenvalue weighted by molar-refractivity contribution is -0.138. The Balaban J connectivity index is 2.73. The van der Waals surface area contributed by atoms with Crippen LogP contribution < -0.4 is 0 Å². The van der Waals surface area contributed by atoms with Crippen LogP contribution in [-0.2, 0) is 16.6 Å². The maximum Gasteiger partial charge on any atom is 0.333 e. The molecule has 0 saturated heterocycles. The van der Waals surface area contributed by atoms with Crippen LogP contribution in [0, 0.1) is 0 Å². The van der Waals surface area contributed by atoms with Gasteiger partial charge in [0.05, 0.1) is 12.8 Å². The van der Waals surface area contributed by atoms with E-state index >= 15 is 0 Å². The fraction of sp³-hybridized carbons (Fsp3) is 0.400. The summed E-state index contributed by atoms with van der Waals surface area (Å²) in [4.78, 5) is 11.2. The van der Waals surface area contributed by atoms with Crippen LogP contribution in [0.25, 0.3) is 6.08 Å². The predicted molar refractivity (Wildman–Crippen MR) is 53.5 cm³/mol. The molecule has 0 aliphatic carbocycles. The third kappa shape index (κ3) is 2.73. The number of hydrogen-bond donors (Lipinski definition) is 0. The second-order valence-electron chi connectivity index (χ2n) is 3.00. The van der Waals surface area contributed by atoms with Gasteiger partial charge in [0.15, 0.2) is 0 Å². The number of aryl methyl sites for hydroxylation is 1. The second-order valence-corrected chi connectivity index (χ2v) is 3.00. The van der Waals surface area contributed by atoms with Crippen molar-refractivity contribution in [2.75, 3.05) is 6.61 Å². The lowest BCUT2D eigenvalue weighted by atomic mass is 10.2. The molecule has 14 heavy (non-hydrogen) atoms. The van der Waals surface area contributed by atoms with Crippen molar-refractivity contribution in [1.29, 1.82) is 0 Å². The van der Waals surface area contributed by atoms with Crippen molar-refractivity contribution in [2.24, 2.45) is 7.05 Å². The van der Waals surface area contributed by atoms with Crippen molar-refractivity contribution >= 4 is 12.0 Å². The molecule has 0 atom stereocenters. The molecule has 0 N–H and O–H groups in total. The van der Waals surface area contributed by atoms with Crippen LogP contribution in [0.1, 0.15) is 19.4 Å². The maximum absolute atomic E-state index is 11.2. The standard InChI is InChI=1S/C10H14N2O2/c1-4-14-10(13)8(2)5-9-6-11-12(3)7-9/h5-7H,4H2,1-3H3. The molecule has 0 aromatic carbocycles. The van der Waals surface area contributed by atoms with Gasteiger partial charge in [-0.25, -0.2) is 4.79 Å². The quantitative estimate of drug-likeness (QED) is 0.539. The van der Waals surface area contributed by atoms with Crippen LogP contribution in [0.3, 0.4) is 0 Å². The zero-order chi connectivity index (χ0) is 10.6. The zero-order valence-corrected chi connectivity index (χ0v) is 8.65. The first-order chi connectivity index (χ1) is 6.63. The Morgan fingerprint density at radius 3 is 2.93 bits per heavy atom. The van der Waals surface area contributed by atoms with Gasteiger partial charge in [-0.2, -0.15) is 5.10 Å². The van der Waals surface area contributed by atoms with E-state index in [2.05, 4.69) is 5.10 Å².